The summed E-state index contributed by atoms with van der Waals surface area (Å²) in [6.07, 6.45) is 0.130. The van der Waals surface area contributed by atoms with E-state index in [-0.39, 0.29) is 18.9 Å². The number of carbonyl (C=O) groups excluding carboxylic acids is 2. The van der Waals surface area contributed by atoms with Gasteiger partial charge in [0.2, 0.25) is 0 Å². The van der Waals surface area contributed by atoms with Crippen molar-refractivity contribution < 1.29 is 23.8 Å². The van der Waals surface area contributed by atoms with Crippen LogP contribution in [0.3, 0.4) is 0 Å². The molecule has 1 aliphatic heterocycles. The topological polar surface area (TPSA) is 68.3 Å². The van der Waals surface area contributed by atoms with Gasteiger partial charge in [0.25, 0.3) is 5.91 Å². The van der Waals surface area contributed by atoms with E-state index in [1.807, 2.05) is 55.5 Å². The van der Waals surface area contributed by atoms with E-state index in [9.17, 15) is 9.59 Å². The van der Waals surface area contributed by atoms with Crippen molar-refractivity contribution in [1.29, 1.82) is 0 Å². The van der Waals surface area contributed by atoms with Crippen LogP contribution in [0.4, 0.5) is 5.69 Å². The molecule has 0 atom stereocenters. The first-order chi connectivity index (χ1) is 14.6. The predicted octanol–water partition coefficient (Wildman–Crippen LogP) is 2.53. The number of carbonyl (C=O) groups is 2. The lowest BCUT2D eigenvalue weighted by Crippen LogP contribution is -2.49. The van der Waals surface area contributed by atoms with Crippen molar-refractivity contribution in [3.8, 4) is 11.5 Å². The van der Waals surface area contributed by atoms with E-state index in [1.165, 1.54) is 0 Å². The Morgan fingerprint density at radius 3 is 2.13 bits per heavy atom. The van der Waals surface area contributed by atoms with Gasteiger partial charge < -0.3 is 24.0 Å². The monoisotopic (exact) mass is 412 g/mol. The quantitative estimate of drug-likeness (QED) is 0.621. The molecule has 0 bridgehead atoms. The fourth-order valence-electron chi connectivity index (χ4n) is 3.33. The van der Waals surface area contributed by atoms with E-state index >= 15 is 0 Å². The zero-order valence-electron chi connectivity index (χ0n) is 17.5. The molecule has 30 heavy (non-hydrogen) atoms. The van der Waals surface area contributed by atoms with Gasteiger partial charge in [-0.2, -0.15) is 0 Å². The molecule has 1 saturated heterocycles. The average molecular weight is 412 g/mol. The molecule has 2 aromatic carbocycles. The second kappa shape index (κ2) is 10.5. The van der Waals surface area contributed by atoms with Gasteiger partial charge in [-0.25, -0.2) is 0 Å². The molecule has 0 radical (unpaired) electrons. The van der Waals surface area contributed by atoms with Crippen molar-refractivity contribution in [2.24, 2.45) is 0 Å². The first-order valence-electron chi connectivity index (χ1n) is 10.1. The molecule has 0 aromatic heterocycles. The predicted molar refractivity (Wildman–Crippen MR) is 114 cm³/mol. The largest absolute Gasteiger partial charge is 0.497 e. The number of methoxy groups -OCH3 is 1. The second-order valence-corrected chi connectivity index (χ2v) is 6.98. The standard InChI is InChI=1S/C23H28N2O5/c1-3-29-21-8-4-18(5-9-21)16-23(27)30-17-22(26)25-14-12-24(13-15-25)19-6-10-20(28-2)11-7-19/h4-11H,3,12-17H2,1-2H3. The molecule has 160 valence electrons. The Hall–Kier alpha value is -3.22. The van der Waals surface area contributed by atoms with Gasteiger partial charge in [0, 0.05) is 31.9 Å². The van der Waals surface area contributed by atoms with E-state index in [0.717, 1.165) is 35.8 Å². The van der Waals surface area contributed by atoms with Crippen LogP contribution in [0.5, 0.6) is 11.5 Å². The number of piperazine rings is 1. The number of esters is 1. The molecule has 0 unspecified atom stereocenters. The van der Waals surface area contributed by atoms with Gasteiger partial charge in [-0.1, -0.05) is 12.1 Å². The molecule has 1 amide bonds. The number of hydrogen-bond acceptors (Lipinski definition) is 6. The Kier molecular flexibility index (Phi) is 7.54. The third-order valence-corrected chi connectivity index (χ3v) is 5.01. The van der Waals surface area contributed by atoms with Crippen LogP contribution >= 0.6 is 0 Å². The van der Waals surface area contributed by atoms with Gasteiger partial charge in [-0.15, -0.1) is 0 Å². The number of amides is 1. The maximum Gasteiger partial charge on any atom is 0.310 e. The Morgan fingerprint density at radius 2 is 1.53 bits per heavy atom. The fraction of sp³-hybridized carbons (Fsp3) is 0.391. The average Bonchev–Trinajstić information content (AvgIpc) is 2.79. The molecule has 0 spiro atoms. The highest BCUT2D eigenvalue weighted by Crippen LogP contribution is 2.20. The summed E-state index contributed by atoms with van der Waals surface area (Å²) in [6.45, 7) is 4.95. The molecule has 0 aliphatic carbocycles. The van der Waals surface area contributed by atoms with Crippen molar-refractivity contribution in [3.63, 3.8) is 0 Å². The lowest BCUT2D eigenvalue weighted by Gasteiger charge is -2.36. The number of anilines is 1. The summed E-state index contributed by atoms with van der Waals surface area (Å²) in [7, 11) is 1.64. The smallest absolute Gasteiger partial charge is 0.310 e. The number of ether oxygens (including phenoxy) is 3. The molecule has 2 aromatic rings. The van der Waals surface area contributed by atoms with Crippen LogP contribution in [0.2, 0.25) is 0 Å². The molecule has 7 heteroatoms. The summed E-state index contributed by atoms with van der Waals surface area (Å²) in [5.41, 5.74) is 1.92. The second-order valence-electron chi connectivity index (χ2n) is 6.98. The molecule has 3 rings (SSSR count). The van der Waals surface area contributed by atoms with Crippen LogP contribution in [-0.4, -0.2) is 63.3 Å². The highest BCUT2D eigenvalue weighted by atomic mass is 16.5. The highest BCUT2D eigenvalue weighted by Gasteiger charge is 2.22. The number of benzene rings is 2. The zero-order valence-corrected chi connectivity index (χ0v) is 17.5. The Labute approximate surface area is 177 Å². The third-order valence-electron chi connectivity index (χ3n) is 5.01. The van der Waals surface area contributed by atoms with Gasteiger partial charge in [0.1, 0.15) is 11.5 Å². The molecule has 0 N–H and O–H groups in total. The Bertz CT molecular complexity index is 828. The maximum atomic E-state index is 12.4. The van der Waals surface area contributed by atoms with Gasteiger partial charge in [-0.3, -0.25) is 9.59 Å². The molecule has 1 fully saturated rings. The van der Waals surface area contributed by atoms with E-state index in [1.54, 1.807) is 12.0 Å². The van der Waals surface area contributed by atoms with Gasteiger partial charge in [0.15, 0.2) is 6.61 Å². The zero-order chi connectivity index (χ0) is 21.3. The van der Waals surface area contributed by atoms with Gasteiger partial charge in [-0.05, 0) is 48.9 Å². The van der Waals surface area contributed by atoms with Crippen molar-refractivity contribution >= 4 is 17.6 Å². The number of hydrogen-bond donors (Lipinski definition) is 0. The molecule has 1 aliphatic rings. The van der Waals surface area contributed by atoms with Crippen LogP contribution in [-0.2, 0) is 20.7 Å². The minimum absolute atomic E-state index is 0.130. The van der Waals surface area contributed by atoms with Crippen molar-refractivity contribution in [2.75, 3.05) is 51.4 Å². The van der Waals surface area contributed by atoms with Crippen LogP contribution in [0.1, 0.15) is 12.5 Å². The summed E-state index contributed by atoms with van der Waals surface area (Å²) in [6, 6.07) is 15.2. The van der Waals surface area contributed by atoms with Gasteiger partial charge in [0.05, 0.1) is 20.1 Å². The molecule has 1 heterocycles. The first kappa shape index (κ1) is 21.5. The Morgan fingerprint density at radius 1 is 0.900 bits per heavy atom. The lowest BCUT2D eigenvalue weighted by atomic mass is 10.1. The summed E-state index contributed by atoms with van der Waals surface area (Å²) >= 11 is 0. The summed E-state index contributed by atoms with van der Waals surface area (Å²) in [5, 5.41) is 0. The third kappa shape index (κ3) is 5.89. The SMILES string of the molecule is CCOc1ccc(CC(=O)OCC(=O)N2CCN(c3ccc(OC)cc3)CC2)cc1. The van der Waals surface area contributed by atoms with Crippen molar-refractivity contribution in [2.45, 2.75) is 13.3 Å². The molecular formula is C23H28N2O5. The van der Waals surface area contributed by atoms with Crippen molar-refractivity contribution in [3.05, 3.63) is 54.1 Å². The maximum absolute atomic E-state index is 12.4. The van der Waals surface area contributed by atoms with Crippen LogP contribution in [0, 0.1) is 0 Å². The molecule has 7 nitrogen and oxygen atoms in total. The first-order valence-corrected chi connectivity index (χ1v) is 10.1. The summed E-state index contributed by atoms with van der Waals surface area (Å²) in [4.78, 5) is 28.4. The lowest BCUT2D eigenvalue weighted by molar-refractivity contribution is -0.151. The van der Waals surface area contributed by atoms with E-state index < -0.39 is 5.97 Å². The molecule has 0 saturated carbocycles. The van der Waals surface area contributed by atoms with Crippen LogP contribution < -0.4 is 14.4 Å². The highest BCUT2D eigenvalue weighted by molar-refractivity contribution is 5.81. The summed E-state index contributed by atoms with van der Waals surface area (Å²) in [5.74, 6) is 1.01. The van der Waals surface area contributed by atoms with Crippen LogP contribution in [0.15, 0.2) is 48.5 Å². The fourth-order valence-corrected chi connectivity index (χ4v) is 3.33. The van der Waals surface area contributed by atoms with E-state index in [4.69, 9.17) is 14.2 Å². The van der Waals surface area contributed by atoms with E-state index in [0.29, 0.717) is 19.7 Å². The molecular weight excluding hydrogens is 384 g/mol. The normalized spacial score (nSPS) is 13.7. The number of nitrogens with zero attached hydrogens (tertiary/aromatic N) is 2. The van der Waals surface area contributed by atoms with Gasteiger partial charge >= 0.3 is 5.97 Å². The van der Waals surface area contributed by atoms with E-state index in [2.05, 4.69) is 4.90 Å². The Balaban J connectivity index is 1.40. The van der Waals surface area contributed by atoms with Crippen molar-refractivity contribution in [1.82, 2.24) is 4.90 Å². The summed E-state index contributed by atoms with van der Waals surface area (Å²) < 4.78 is 15.8. The number of rotatable bonds is 8. The minimum Gasteiger partial charge on any atom is -0.497 e. The van der Waals surface area contributed by atoms with Crippen LogP contribution in [0.25, 0.3) is 0 Å². The minimum atomic E-state index is -0.413.